The number of carboxylic acid groups (broad SMARTS) is 1. The van der Waals surface area contributed by atoms with Crippen LogP contribution < -0.4 is 4.72 Å². The number of hydrogen-bond donors (Lipinski definition) is 2. The Morgan fingerprint density at radius 1 is 1.07 bits per heavy atom. The number of sulfonamides is 1. The van der Waals surface area contributed by atoms with Gasteiger partial charge in [-0.3, -0.25) is 19.7 Å². The second-order valence-corrected chi connectivity index (χ2v) is 7.38. The number of nitro benzene ring substituents is 1. The molecule has 28 heavy (non-hydrogen) atoms. The fourth-order valence-corrected chi connectivity index (χ4v) is 3.18. The van der Waals surface area contributed by atoms with Gasteiger partial charge in [0.25, 0.3) is 5.69 Å². The molecule has 9 nitrogen and oxygen atoms in total. The average Bonchev–Trinajstić information content (AvgIpc) is 2.66. The van der Waals surface area contributed by atoms with Crippen molar-refractivity contribution in [3.8, 4) is 0 Å². The zero-order chi connectivity index (χ0) is 20.7. The van der Waals surface area contributed by atoms with Crippen LogP contribution in [0.4, 0.5) is 5.69 Å². The van der Waals surface area contributed by atoms with Gasteiger partial charge in [0, 0.05) is 24.2 Å². The molecule has 0 amide bonds. The minimum Gasteiger partial charge on any atom is -0.481 e. The standard InChI is InChI=1S/C18H16N2O7S/c21-17(10-3-13-1-6-15(7-2-13)20(24)25)14-4-8-16(9-5-14)28(26,27)19-12-11-18(22)23/h1-10,19H,11-12H2,(H,22,23). The lowest BCUT2D eigenvalue weighted by molar-refractivity contribution is -0.384. The Kier molecular flexibility index (Phi) is 6.74. The summed E-state index contributed by atoms with van der Waals surface area (Å²) in [6.45, 7) is -0.240. The molecule has 0 saturated carbocycles. The molecule has 146 valence electrons. The number of hydrogen-bond acceptors (Lipinski definition) is 6. The van der Waals surface area contributed by atoms with E-state index in [1.165, 1.54) is 60.7 Å². The first-order valence-corrected chi connectivity index (χ1v) is 9.46. The van der Waals surface area contributed by atoms with Crippen LogP contribution in [0.2, 0.25) is 0 Å². The van der Waals surface area contributed by atoms with Gasteiger partial charge in [-0.25, -0.2) is 13.1 Å². The summed E-state index contributed by atoms with van der Waals surface area (Å²) in [5.41, 5.74) is 0.792. The molecule has 0 atom stereocenters. The van der Waals surface area contributed by atoms with E-state index in [2.05, 4.69) is 4.72 Å². The van der Waals surface area contributed by atoms with Crippen molar-refractivity contribution in [3.63, 3.8) is 0 Å². The Balaban J connectivity index is 2.04. The number of rotatable bonds is 9. The third kappa shape index (κ3) is 5.83. The number of benzene rings is 2. The van der Waals surface area contributed by atoms with Crippen molar-refractivity contribution >= 4 is 33.5 Å². The Bertz CT molecular complexity index is 1010. The molecule has 0 saturated heterocycles. The Morgan fingerprint density at radius 3 is 2.21 bits per heavy atom. The molecule has 10 heteroatoms. The fourth-order valence-electron chi connectivity index (χ4n) is 2.15. The van der Waals surface area contributed by atoms with Gasteiger partial charge in [-0.1, -0.05) is 6.08 Å². The number of carbonyl (C=O) groups excluding carboxylic acids is 1. The smallest absolute Gasteiger partial charge is 0.304 e. The van der Waals surface area contributed by atoms with Crippen molar-refractivity contribution in [3.05, 3.63) is 75.8 Å². The lowest BCUT2D eigenvalue weighted by atomic mass is 10.1. The predicted molar refractivity (Wildman–Crippen MR) is 100 cm³/mol. The highest BCUT2D eigenvalue weighted by Gasteiger charge is 2.14. The van der Waals surface area contributed by atoms with Crippen molar-refractivity contribution in [2.75, 3.05) is 6.54 Å². The van der Waals surface area contributed by atoms with Gasteiger partial charge < -0.3 is 5.11 Å². The van der Waals surface area contributed by atoms with Gasteiger partial charge in [-0.15, -0.1) is 0 Å². The first-order chi connectivity index (χ1) is 13.2. The second kappa shape index (κ2) is 9.02. The molecule has 0 aliphatic carbocycles. The summed E-state index contributed by atoms with van der Waals surface area (Å²) in [4.78, 5) is 32.6. The minimum atomic E-state index is -3.86. The lowest BCUT2D eigenvalue weighted by Crippen LogP contribution is -2.26. The second-order valence-electron chi connectivity index (χ2n) is 5.61. The molecule has 0 aromatic heterocycles. The number of nitrogens with one attached hydrogen (secondary N) is 1. The Labute approximate surface area is 160 Å². The van der Waals surface area contributed by atoms with Crippen LogP contribution in [0.15, 0.2) is 59.5 Å². The first kappa shape index (κ1) is 20.9. The topological polar surface area (TPSA) is 144 Å². The zero-order valence-corrected chi connectivity index (χ0v) is 15.3. The third-order valence-electron chi connectivity index (χ3n) is 3.61. The molecule has 0 aliphatic rings. The number of nitro groups is 1. The van der Waals surface area contributed by atoms with Crippen LogP contribution in [0.5, 0.6) is 0 Å². The Morgan fingerprint density at radius 2 is 1.68 bits per heavy atom. The largest absolute Gasteiger partial charge is 0.481 e. The summed E-state index contributed by atoms with van der Waals surface area (Å²) >= 11 is 0. The molecule has 0 bridgehead atoms. The molecule has 0 radical (unpaired) electrons. The summed E-state index contributed by atoms with van der Waals surface area (Å²) < 4.78 is 26.2. The number of carbonyl (C=O) groups is 2. The number of allylic oxidation sites excluding steroid dienone is 1. The molecule has 2 rings (SSSR count). The predicted octanol–water partition coefficient (Wildman–Crippen LogP) is 2.24. The van der Waals surface area contributed by atoms with Crippen LogP contribution in [0.1, 0.15) is 22.3 Å². The number of ketones is 1. The maximum atomic E-state index is 12.2. The van der Waals surface area contributed by atoms with Gasteiger partial charge in [0.05, 0.1) is 16.2 Å². The molecular weight excluding hydrogens is 388 g/mol. The van der Waals surface area contributed by atoms with Crippen LogP contribution in [0.25, 0.3) is 6.08 Å². The first-order valence-electron chi connectivity index (χ1n) is 7.97. The van der Waals surface area contributed by atoms with Crippen LogP contribution in [0, 0.1) is 10.1 Å². The Hall–Kier alpha value is -3.37. The number of nitrogens with zero attached hydrogens (tertiary/aromatic N) is 1. The normalized spacial score (nSPS) is 11.4. The molecule has 2 N–H and O–H groups in total. The van der Waals surface area contributed by atoms with E-state index < -0.39 is 20.9 Å². The average molecular weight is 404 g/mol. The van der Waals surface area contributed by atoms with Gasteiger partial charge in [-0.05, 0) is 48.0 Å². The van der Waals surface area contributed by atoms with Crippen LogP contribution >= 0.6 is 0 Å². The molecule has 0 aliphatic heterocycles. The van der Waals surface area contributed by atoms with Crippen LogP contribution in [-0.4, -0.2) is 36.7 Å². The summed E-state index contributed by atoms with van der Waals surface area (Å²) in [5, 5.41) is 19.1. The monoisotopic (exact) mass is 404 g/mol. The maximum absolute atomic E-state index is 12.2. The molecule has 0 spiro atoms. The summed E-state index contributed by atoms with van der Waals surface area (Å²) in [6.07, 6.45) is 2.42. The highest BCUT2D eigenvalue weighted by atomic mass is 32.2. The van der Waals surface area contributed by atoms with E-state index in [4.69, 9.17) is 5.11 Å². The van der Waals surface area contributed by atoms with E-state index in [-0.39, 0.29) is 34.9 Å². The number of non-ortho nitro benzene ring substituents is 1. The van der Waals surface area contributed by atoms with E-state index in [9.17, 15) is 28.1 Å². The minimum absolute atomic E-state index is 0.0581. The molecule has 2 aromatic carbocycles. The molecule has 0 heterocycles. The molecule has 0 unspecified atom stereocenters. The van der Waals surface area contributed by atoms with E-state index in [0.29, 0.717) is 5.56 Å². The van der Waals surface area contributed by atoms with Crippen molar-refractivity contribution in [2.45, 2.75) is 11.3 Å². The number of aliphatic carboxylic acids is 1. The van der Waals surface area contributed by atoms with Crippen LogP contribution in [0.3, 0.4) is 0 Å². The van der Waals surface area contributed by atoms with E-state index >= 15 is 0 Å². The van der Waals surface area contributed by atoms with Crippen molar-refractivity contribution in [1.29, 1.82) is 0 Å². The van der Waals surface area contributed by atoms with Crippen molar-refractivity contribution in [2.24, 2.45) is 0 Å². The molecular formula is C18H16N2O7S. The quantitative estimate of drug-likeness (QED) is 0.282. The van der Waals surface area contributed by atoms with Crippen LogP contribution in [-0.2, 0) is 14.8 Å². The molecule has 2 aromatic rings. The van der Waals surface area contributed by atoms with Gasteiger partial charge >= 0.3 is 5.97 Å². The summed E-state index contributed by atoms with van der Waals surface area (Å²) in [5.74, 6) is -1.50. The van der Waals surface area contributed by atoms with Crippen molar-refractivity contribution in [1.82, 2.24) is 4.72 Å². The van der Waals surface area contributed by atoms with E-state index in [1.54, 1.807) is 0 Å². The van der Waals surface area contributed by atoms with Gasteiger partial charge in [0.1, 0.15) is 0 Å². The lowest BCUT2D eigenvalue weighted by Gasteiger charge is -2.06. The SMILES string of the molecule is O=C(O)CCNS(=O)(=O)c1ccc(C(=O)C=Cc2ccc([N+](=O)[O-])cc2)cc1. The zero-order valence-electron chi connectivity index (χ0n) is 14.4. The van der Waals surface area contributed by atoms with Crippen molar-refractivity contribution < 1.29 is 28.0 Å². The molecule has 0 fully saturated rings. The summed E-state index contributed by atoms with van der Waals surface area (Å²) in [6, 6.07) is 10.8. The van der Waals surface area contributed by atoms with E-state index in [1.807, 2.05) is 0 Å². The number of carboxylic acids is 1. The van der Waals surface area contributed by atoms with Gasteiger partial charge in [0.15, 0.2) is 5.78 Å². The van der Waals surface area contributed by atoms with Gasteiger partial charge in [0.2, 0.25) is 10.0 Å². The highest BCUT2D eigenvalue weighted by molar-refractivity contribution is 7.89. The maximum Gasteiger partial charge on any atom is 0.304 e. The highest BCUT2D eigenvalue weighted by Crippen LogP contribution is 2.14. The van der Waals surface area contributed by atoms with E-state index in [0.717, 1.165) is 0 Å². The summed E-state index contributed by atoms with van der Waals surface area (Å²) in [7, 11) is -3.86. The van der Waals surface area contributed by atoms with Gasteiger partial charge in [-0.2, -0.15) is 0 Å². The fraction of sp³-hybridized carbons (Fsp3) is 0.111. The third-order valence-corrected chi connectivity index (χ3v) is 5.09.